The fourth-order valence-corrected chi connectivity index (χ4v) is 4.14. The van der Waals surface area contributed by atoms with Crippen LogP contribution in [0.4, 0.5) is 5.69 Å². The molecule has 4 rings (SSSR count). The minimum absolute atomic E-state index is 0.0799. The van der Waals surface area contributed by atoms with Crippen LogP contribution in [0, 0.1) is 6.92 Å². The van der Waals surface area contributed by atoms with Gasteiger partial charge in [-0.05, 0) is 55.5 Å². The molecule has 0 spiro atoms. The molecule has 31 heavy (non-hydrogen) atoms. The zero-order valence-corrected chi connectivity index (χ0v) is 18.9. The molecule has 0 radical (unpaired) electrons. The molecule has 1 aromatic heterocycles. The van der Waals surface area contributed by atoms with Gasteiger partial charge in [0.1, 0.15) is 29.1 Å². The summed E-state index contributed by atoms with van der Waals surface area (Å²) in [6, 6.07) is 14.1. The summed E-state index contributed by atoms with van der Waals surface area (Å²) >= 11 is 9.48. The predicted molar refractivity (Wildman–Crippen MR) is 120 cm³/mol. The number of amides is 1. The number of ether oxygens (including phenoxy) is 1. The quantitative estimate of drug-likeness (QED) is 0.284. The van der Waals surface area contributed by atoms with Crippen LogP contribution >= 0.6 is 27.5 Å². The summed E-state index contributed by atoms with van der Waals surface area (Å²) in [6.45, 7) is 1.76. The Labute approximate surface area is 191 Å². The Bertz CT molecular complexity index is 1230. The number of anilines is 1. The van der Waals surface area contributed by atoms with E-state index in [2.05, 4.69) is 15.9 Å². The van der Waals surface area contributed by atoms with Crippen molar-refractivity contribution in [3.63, 3.8) is 0 Å². The second-order valence-electron chi connectivity index (χ2n) is 6.95. The Morgan fingerprint density at radius 3 is 2.58 bits per heavy atom. The highest BCUT2D eigenvalue weighted by molar-refractivity contribution is 9.10. The number of furan rings is 1. The lowest BCUT2D eigenvalue weighted by Crippen LogP contribution is -2.29. The fraction of sp³-hybridized carbons (Fsp3) is 0.130. The SMILES string of the molecule is COc1cc(/C(O)=C2/C(=O)C(=O)N(c3cccc(Br)c3)C2c2ccc(C)o2)ccc1Cl. The topological polar surface area (TPSA) is 80.0 Å². The van der Waals surface area contributed by atoms with E-state index in [-0.39, 0.29) is 11.3 Å². The van der Waals surface area contributed by atoms with Crippen molar-refractivity contribution in [3.8, 4) is 5.75 Å². The Morgan fingerprint density at radius 1 is 1.16 bits per heavy atom. The van der Waals surface area contributed by atoms with Gasteiger partial charge in [0.05, 0.1) is 17.7 Å². The first-order valence-electron chi connectivity index (χ1n) is 9.28. The lowest BCUT2D eigenvalue weighted by Gasteiger charge is -2.23. The molecule has 1 unspecified atom stereocenters. The highest BCUT2D eigenvalue weighted by Gasteiger charge is 2.48. The van der Waals surface area contributed by atoms with Gasteiger partial charge in [-0.3, -0.25) is 14.5 Å². The van der Waals surface area contributed by atoms with Gasteiger partial charge in [0.15, 0.2) is 0 Å². The maximum absolute atomic E-state index is 13.1. The van der Waals surface area contributed by atoms with Crippen LogP contribution in [0.15, 0.2) is 69.1 Å². The third-order valence-electron chi connectivity index (χ3n) is 4.99. The number of aliphatic hydroxyl groups excluding tert-OH is 1. The molecule has 1 amide bonds. The smallest absolute Gasteiger partial charge is 0.300 e. The van der Waals surface area contributed by atoms with Crippen molar-refractivity contribution in [3.05, 3.63) is 86.7 Å². The third-order valence-corrected chi connectivity index (χ3v) is 5.79. The van der Waals surface area contributed by atoms with Gasteiger partial charge in [0, 0.05) is 15.7 Å². The van der Waals surface area contributed by atoms with E-state index >= 15 is 0 Å². The zero-order chi connectivity index (χ0) is 22.3. The molecule has 1 N–H and O–H groups in total. The second-order valence-corrected chi connectivity index (χ2v) is 8.27. The van der Waals surface area contributed by atoms with Crippen molar-refractivity contribution in [1.29, 1.82) is 0 Å². The molecule has 1 aliphatic rings. The minimum atomic E-state index is -0.940. The normalized spacial score (nSPS) is 17.9. The molecule has 0 aliphatic carbocycles. The number of benzene rings is 2. The van der Waals surface area contributed by atoms with Crippen LogP contribution in [0.2, 0.25) is 5.02 Å². The first-order chi connectivity index (χ1) is 14.8. The van der Waals surface area contributed by atoms with E-state index in [4.69, 9.17) is 20.8 Å². The van der Waals surface area contributed by atoms with Crippen molar-refractivity contribution in [2.75, 3.05) is 12.0 Å². The maximum Gasteiger partial charge on any atom is 0.300 e. The number of aryl methyl sites for hydroxylation is 1. The van der Waals surface area contributed by atoms with Crippen LogP contribution in [0.25, 0.3) is 5.76 Å². The van der Waals surface area contributed by atoms with Crippen LogP contribution in [-0.4, -0.2) is 23.9 Å². The van der Waals surface area contributed by atoms with Gasteiger partial charge in [0.25, 0.3) is 11.7 Å². The molecule has 0 bridgehead atoms. The van der Waals surface area contributed by atoms with Crippen molar-refractivity contribution in [2.24, 2.45) is 0 Å². The summed E-state index contributed by atoms with van der Waals surface area (Å²) in [7, 11) is 1.45. The van der Waals surface area contributed by atoms with E-state index in [1.165, 1.54) is 18.1 Å². The fourth-order valence-electron chi connectivity index (χ4n) is 3.56. The number of halogens is 2. The largest absolute Gasteiger partial charge is 0.507 e. The van der Waals surface area contributed by atoms with Gasteiger partial charge in [-0.25, -0.2) is 0 Å². The molecule has 2 heterocycles. The lowest BCUT2D eigenvalue weighted by molar-refractivity contribution is -0.132. The number of aliphatic hydroxyl groups is 1. The van der Waals surface area contributed by atoms with Crippen LogP contribution in [0.3, 0.4) is 0 Å². The molecule has 8 heteroatoms. The summed E-state index contributed by atoms with van der Waals surface area (Å²) in [4.78, 5) is 27.5. The first-order valence-corrected chi connectivity index (χ1v) is 10.5. The zero-order valence-electron chi connectivity index (χ0n) is 16.6. The van der Waals surface area contributed by atoms with E-state index in [1.54, 1.807) is 49.4 Å². The highest BCUT2D eigenvalue weighted by Crippen LogP contribution is 2.43. The van der Waals surface area contributed by atoms with E-state index in [9.17, 15) is 14.7 Å². The molecular weight excluding hydrogens is 486 g/mol. The summed E-state index contributed by atoms with van der Waals surface area (Å²) in [5.74, 6) is -0.616. The lowest BCUT2D eigenvalue weighted by atomic mass is 9.99. The minimum Gasteiger partial charge on any atom is -0.507 e. The van der Waals surface area contributed by atoms with Gasteiger partial charge in [-0.2, -0.15) is 0 Å². The van der Waals surface area contributed by atoms with Gasteiger partial charge in [-0.1, -0.05) is 33.6 Å². The summed E-state index contributed by atoms with van der Waals surface area (Å²) < 4.78 is 11.7. The summed E-state index contributed by atoms with van der Waals surface area (Å²) in [6.07, 6.45) is 0. The number of hydrogen-bond acceptors (Lipinski definition) is 5. The average molecular weight is 503 g/mol. The number of carbonyl (C=O) groups excluding carboxylic acids is 2. The Balaban J connectivity index is 1.94. The molecule has 1 saturated heterocycles. The van der Waals surface area contributed by atoms with Crippen molar-refractivity contribution in [1.82, 2.24) is 0 Å². The predicted octanol–water partition coefficient (Wildman–Crippen LogP) is 5.64. The van der Waals surface area contributed by atoms with Crippen LogP contribution < -0.4 is 9.64 Å². The molecule has 0 saturated carbocycles. The molecule has 2 aromatic carbocycles. The monoisotopic (exact) mass is 501 g/mol. The number of rotatable bonds is 4. The molecular formula is C23H17BrClNO5. The molecule has 3 aromatic rings. The van der Waals surface area contributed by atoms with Crippen molar-refractivity contribution < 1.29 is 23.8 Å². The Morgan fingerprint density at radius 2 is 1.94 bits per heavy atom. The molecule has 158 valence electrons. The number of carbonyl (C=O) groups is 2. The number of nitrogens with zero attached hydrogens (tertiary/aromatic N) is 1. The number of methoxy groups -OCH3 is 1. The summed E-state index contributed by atoms with van der Waals surface area (Å²) in [5, 5.41) is 11.5. The Kier molecular flexibility index (Phi) is 5.64. The van der Waals surface area contributed by atoms with Crippen LogP contribution in [0.1, 0.15) is 23.1 Å². The van der Waals surface area contributed by atoms with Gasteiger partial charge < -0.3 is 14.3 Å². The number of ketones is 1. The average Bonchev–Trinajstić information content (AvgIpc) is 3.29. The molecule has 1 aliphatic heterocycles. The van der Waals surface area contributed by atoms with E-state index in [0.29, 0.717) is 33.5 Å². The third kappa shape index (κ3) is 3.75. The van der Waals surface area contributed by atoms with Gasteiger partial charge in [0.2, 0.25) is 0 Å². The van der Waals surface area contributed by atoms with Crippen molar-refractivity contribution in [2.45, 2.75) is 13.0 Å². The molecule has 1 fully saturated rings. The molecule has 1 atom stereocenters. The van der Waals surface area contributed by atoms with Crippen LogP contribution in [-0.2, 0) is 9.59 Å². The van der Waals surface area contributed by atoms with Gasteiger partial charge >= 0.3 is 0 Å². The first kappa shape index (κ1) is 21.2. The Hall–Kier alpha value is -3.03. The van der Waals surface area contributed by atoms with E-state index in [0.717, 1.165) is 4.47 Å². The van der Waals surface area contributed by atoms with E-state index < -0.39 is 17.7 Å². The maximum atomic E-state index is 13.1. The number of Topliss-reactive ketones (excluding diaryl/α,β-unsaturated/α-hetero) is 1. The standard InChI is InChI=1S/C23H17BrClNO5/c1-12-6-9-17(31-12)20-19(21(27)13-7-8-16(25)18(10-13)30-2)22(28)23(29)26(20)15-5-3-4-14(24)11-15/h3-11,20,27H,1-2H3/b21-19-. The number of hydrogen-bond donors (Lipinski definition) is 1. The van der Waals surface area contributed by atoms with Crippen molar-refractivity contribution >= 4 is 50.7 Å². The summed E-state index contributed by atoms with van der Waals surface area (Å²) in [5.41, 5.74) is 0.703. The molecule has 6 nitrogen and oxygen atoms in total. The second kappa shape index (κ2) is 8.24. The van der Waals surface area contributed by atoms with Crippen LogP contribution in [0.5, 0.6) is 5.75 Å². The van der Waals surface area contributed by atoms with Gasteiger partial charge in [-0.15, -0.1) is 0 Å². The highest BCUT2D eigenvalue weighted by atomic mass is 79.9. The van der Waals surface area contributed by atoms with E-state index in [1.807, 2.05) is 6.07 Å².